The smallest absolute Gasteiger partial charge is 0.302 e. The number of benzene rings is 1. The predicted octanol–water partition coefficient (Wildman–Crippen LogP) is 2.85. The molecule has 0 saturated carbocycles. The molecule has 7 heteroatoms. The molecular weight excluding hydrogens is 294 g/mol. The minimum Gasteiger partial charge on any atom is -0.339 e. The van der Waals surface area contributed by atoms with Gasteiger partial charge < -0.3 is 5.32 Å². The topological polar surface area (TPSA) is 61.6 Å². The third kappa shape index (κ3) is 2.33. The van der Waals surface area contributed by atoms with Crippen LogP contribution in [-0.2, 0) is 6.42 Å². The molecule has 1 N–H and O–H groups in total. The van der Waals surface area contributed by atoms with E-state index >= 15 is 0 Å². The zero-order valence-electron chi connectivity index (χ0n) is 10.4. The van der Waals surface area contributed by atoms with Gasteiger partial charge >= 0.3 is 6.71 Å². The minimum absolute atomic E-state index is 0.0928. The highest BCUT2D eigenvalue weighted by Crippen LogP contribution is 2.26. The second-order valence-corrected chi connectivity index (χ2v) is 5.30. The lowest BCUT2D eigenvalue weighted by molar-refractivity contribution is 1.16. The van der Waals surface area contributed by atoms with Crippen LogP contribution in [-0.4, -0.2) is 16.7 Å². The Balaban J connectivity index is 2.03. The molecule has 1 aliphatic heterocycles. The summed E-state index contributed by atoms with van der Waals surface area (Å²) in [6.07, 6.45) is 3.22. The maximum atomic E-state index is 9.25. The first kappa shape index (κ1) is 13.2. The monoisotopic (exact) mass is 302 g/mol. The van der Waals surface area contributed by atoms with Gasteiger partial charge in [-0.2, -0.15) is 4.98 Å². The van der Waals surface area contributed by atoms with E-state index in [0.717, 1.165) is 23.9 Å². The molecule has 2 heterocycles. The van der Waals surface area contributed by atoms with E-state index in [1.165, 1.54) is 11.8 Å². The standard InChI is InChI=1S/C13H9BCl2N4/c15-9-6-18-13(16)20-12(9)19-10-3-1-2-8-4-5-14(7-17)11(8)10/h1-3,6H,4-5H2,(H,18,19,20). The molecule has 0 amide bonds. The second kappa shape index (κ2) is 5.32. The Labute approximate surface area is 126 Å². The molecule has 0 atom stereocenters. The fourth-order valence-electron chi connectivity index (χ4n) is 2.49. The number of hydrogen-bond acceptors (Lipinski definition) is 4. The summed E-state index contributed by atoms with van der Waals surface area (Å²) in [6.45, 7) is -0.0928. The van der Waals surface area contributed by atoms with E-state index in [2.05, 4.69) is 21.3 Å². The summed E-state index contributed by atoms with van der Waals surface area (Å²) in [4.78, 5) is 7.89. The van der Waals surface area contributed by atoms with Crippen molar-refractivity contribution in [3.8, 4) is 5.97 Å². The highest BCUT2D eigenvalue weighted by Gasteiger charge is 2.29. The lowest BCUT2D eigenvalue weighted by Gasteiger charge is -2.12. The maximum Gasteiger partial charge on any atom is 0.302 e. The maximum absolute atomic E-state index is 9.25. The largest absolute Gasteiger partial charge is 0.339 e. The molecule has 4 nitrogen and oxygen atoms in total. The number of aryl methyl sites for hydroxylation is 1. The third-order valence-corrected chi connectivity index (χ3v) is 3.83. The molecule has 1 aromatic carbocycles. The van der Waals surface area contributed by atoms with Crippen LogP contribution < -0.4 is 10.8 Å². The van der Waals surface area contributed by atoms with Gasteiger partial charge in [-0.05, 0) is 29.6 Å². The molecule has 3 rings (SSSR count). The fraction of sp³-hybridized carbons (Fsp3) is 0.154. The number of anilines is 2. The van der Waals surface area contributed by atoms with Crippen LogP contribution in [0.3, 0.4) is 0 Å². The average Bonchev–Trinajstić information content (AvgIpc) is 2.87. The molecule has 0 bridgehead atoms. The van der Waals surface area contributed by atoms with Crippen LogP contribution in [0.4, 0.5) is 11.5 Å². The van der Waals surface area contributed by atoms with E-state index in [1.807, 2.05) is 18.2 Å². The van der Waals surface area contributed by atoms with E-state index < -0.39 is 0 Å². The molecule has 20 heavy (non-hydrogen) atoms. The molecule has 0 aliphatic carbocycles. The Hall–Kier alpha value is -1.77. The lowest BCUT2D eigenvalue weighted by Crippen LogP contribution is -2.27. The van der Waals surface area contributed by atoms with E-state index in [9.17, 15) is 5.26 Å². The van der Waals surface area contributed by atoms with Crippen molar-refractivity contribution in [2.24, 2.45) is 0 Å². The first-order valence-corrected chi connectivity index (χ1v) is 6.91. The lowest BCUT2D eigenvalue weighted by atomic mass is 9.47. The highest BCUT2D eigenvalue weighted by molar-refractivity contribution is 6.82. The van der Waals surface area contributed by atoms with E-state index in [-0.39, 0.29) is 12.0 Å². The van der Waals surface area contributed by atoms with Gasteiger partial charge in [0.1, 0.15) is 5.02 Å². The van der Waals surface area contributed by atoms with Gasteiger partial charge in [-0.1, -0.05) is 35.6 Å². The van der Waals surface area contributed by atoms with Crippen molar-refractivity contribution in [2.75, 3.05) is 5.32 Å². The predicted molar refractivity (Wildman–Crippen MR) is 81.3 cm³/mol. The van der Waals surface area contributed by atoms with Crippen LogP contribution >= 0.6 is 23.2 Å². The Morgan fingerprint density at radius 2 is 2.20 bits per heavy atom. The van der Waals surface area contributed by atoms with Crippen LogP contribution in [0.1, 0.15) is 5.56 Å². The number of hydrogen-bond donors (Lipinski definition) is 1. The Morgan fingerprint density at radius 3 is 3.00 bits per heavy atom. The van der Waals surface area contributed by atoms with Crippen LogP contribution in [0.25, 0.3) is 0 Å². The van der Waals surface area contributed by atoms with Crippen molar-refractivity contribution in [3.63, 3.8) is 0 Å². The van der Waals surface area contributed by atoms with Crippen LogP contribution in [0.5, 0.6) is 0 Å². The van der Waals surface area contributed by atoms with Crippen LogP contribution in [0.15, 0.2) is 24.4 Å². The van der Waals surface area contributed by atoms with Crippen molar-refractivity contribution < 1.29 is 0 Å². The van der Waals surface area contributed by atoms with Gasteiger partial charge in [-0.15, -0.1) is 0 Å². The van der Waals surface area contributed by atoms with E-state index in [0.29, 0.717) is 10.8 Å². The second-order valence-electron chi connectivity index (χ2n) is 4.56. The Morgan fingerprint density at radius 1 is 1.35 bits per heavy atom. The first-order chi connectivity index (χ1) is 9.69. The van der Waals surface area contributed by atoms with Crippen molar-refractivity contribution in [1.29, 1.82) is 5.26 Å². The Bertz CT molecular complexity index is 714. The summed E-state index contributed by atoms with van der Waals surface area (Å²) >= 11 is 11.8. The SMILES string of the molecule is N#CB1CCc2cccc(Nc3nc(Cl)ncc3Cl)c21. The summed E-state index contributed by atoms with van der Waals surface area (Å²) in [5, 5.41) is 12.9. The van der Waals surface area contributed by atoms with Crippen molar-refractivity contribution in [3.05, 3.63) is 40.3 Å². The molecule has 1 aromatic heterocycles. The number of halogens is 2. The van der Waals surface area contributed by atoms with Gasteiger partial charge in [0.15, 0.2) is 5.82 Å². The average molecular weight is 303 g/mol. The highest BCUT2D eigenvalue weighted by atomic mass is 35.5. The quantitative estimate of drug-likeness (QED) is 0.684. The van der Waals surface area contributed by atoms with Crippen LogP contribution in [0, 0.1) is 11.2 Å². The molecule has 0 spiro atoms. The normalized spacial score (nSPS) is 12.9. The van der Waals surface area contributed by atoms with Crippen molar-refractivity contribution in [2.45, 2.75) is 12.7 Å². The number of nitrogens with one attached hydrogen (secondary N) is 1. The van der Waals surface area contributed by atoms with Crippen molar-refractivity contribution in [1.82, 2.24) is 9.97 Å². The molecule has 0 radical (unpaired) electrons. The van der Waals surface area contributed by atoms with Gasteiger partial charge in [0, 0.05) is 11.7 Å². The molecular formula is C13H9BCl2N4. The molecule has 98 valence electrons. The summed E-state index contributed by atoms with van der Waals surface area (Å²) < 4.78 is 0. The molecule has 0 saturated heterocycles. The number of nitrogens with zero attached hydrogens (tertiary/aromatic N) is 3. The summed E-state index contributed by atoms with van der Waals surface area (Å²) in [5.74, 6) is 2.79. The van der Waals surface area contributed by atoms with Crippen molar-refractivity contribution >= 4 is 46.9 Å². The zero-order valence-corrected chi connectivity index (χ0v) is 11.9. The minimum atomic E-state index is -0.0928. The van der Waals surface area contributed by atoms with Gasteiger partial charge in [0.25, 0.3) is 0 Å². The van der Waals surface area contributed by atoms with E-state index in [4.69, 9.17) is 23.2 Å². The van der Waals surface area contributed by atoms with Gasteiger partial charge in [0.05, 0.1) is 6.20 Å². The molecule has 0 unspecified atom stereocenters. The summed E-state index contributed by atoms with van der Waals surface area (Å²) in [7, 11) is 0. The van der Waals surface area contributed by atoms with Gasteiger partial charge in [-0.25, -0.2) is 10.2 Å². The summed E-state index contributed by atoms with van der Waals surface area (Å²) in [6, 6.07) is 5.92. The number of aromatic nitrogens is 2. The number of rotatable bonds is 2. The third-order valence-electron chi connectivity index (χ3n) is 3.37. The zero-order chi connectivity index (χ0) is 14.1. The number of nitriles is 1. The summed E-state index contributed by atoms with van der Waals surface area (Å²) in [5.41, 5.74) is 3.07. The molecule has 2 aromatic rings. The Kier molecular flexibility index (Phi) is 3.52. The molecule has 1 aliphatic rings. The number of fused-ring (bicyclic) bond motifs is 1. The first-order valence-electron chi connectivity index (χ1n) is 6.15. The van der Waals surface area contributed by atoms with Gasteiger partial charge in [-0.3, -0.25) is 0 Å². The fourth-order valence-corrected chi connectivity index (χ4v) is 2.76. The van der Waals surface area contributed by atoms with E-state index in [1.54, 1.807) is 0 Å². The van der Waals surface area contributed by atoms with Gasteiger partial charge in [0.2, 0.25) is 5.28 Å². The van der Waals surface area contributed by atoms with Crippen LogP contribution in [0.2, 0.25) is 16.6 Å². The molecule has 0 fully saturated rings.